The fraction of sp³-hybridized carbons (Fsp3) is 0.217. The second kappa shape index (κ2) is 7.71. The van der Waals surface area contributed by atoms with Crippen LogP contribution in [0.15, 0.2) is 61.1 Å². The summed E-state index contributed by atoms with van der Waals surface area (Å²) in [6.45, 7) is 3.58. The first-order chi connectivity index (χ1) is 15.1. The molecule has 3 N–H and O–H groups in total. The zero-order valence-corrected chi connectivity index (χ0v) is 17.5. The molecule has 4 heterocycles. The van der Waals surface area contributed by atoms with Gasteiger partial charge in [-0.1, -0.05) is 18.2 Å². The molecule has 0 fully saturated rings. The van der Waals surface area contributed by atoms with Crippen LogP contribution in [0.5, 0.6) is 0 Å². The molecule has 1 atom stereocenters. The maximum atomic E-state index is 6.15. The van der Waals surface area contributed by atoms with Gasteiger partial charge < -0.3 is 16.0 Å². The average molecular weight is 413 g/mol. The van der Waals surface area contributed by atoms with E-state index in [0.717, 1.165) is 46.3 Å². The van der Waals surface area contributed by atoms with Crippen molar-refractivity contribution in [2.45, 2.75) is 12.8 Å². The van der Waals surface area contributed by atoms with Crippen molar-refractivity contribution in [2.75, 3.05) is 29.0 Å². The molecule has 5 rings (SSSR count). The molecule has 0 radical (unpaired) electrons. The van der Waals surface area contributed by atoms with E-state index in [9.17, 15) is 0 Å². The number of pyridine rings is 1. The monoisotopic (exact) mass is 412 g/mol. The Bertz CT molecular complexity index is 1220. The maximum Gasteiger partial charge on any atom is 0.222 e. The zero-order chi connectivity index (χ0) is 21.4. The standard InChI is InChI=1S/C23H24N8/c1-3-31(17-7-5-4-6-8-17)21-10-20(28-23(24)29-21)19-13-26-22-18(19)9-15(11-25-22)16-12-27-30(2)14-16/h4-12,14,19H,3,13H2,1-2H3,(H,25,26)(H2,24,28,29). The molecular weight excluding hydrogens is 388 g/mol. The van der Waals surface area contributed by atoms with E-state index in [1.807, 2.05) is 49.9 Å². The lowest BCUT2D eigenvalue weighted by Crippen LogP contribution is -2.19. The number of para-hydroxylation sites is 1. The van der Waals surface area contributed by atoms with E-state index in [0.29, 0.717) is 6.54 Å². The summed E-state index contributed by atoms with van der Waals surface area (Å²) >= 11 is 0. The van der Waals surface area contributed by atoms with Crippen LogP contribution in [0.25, 0.3) is 11.1 Å². The third kappa shape index (κ3) is 3.56. The average Bonchev–Trinajstić information content (AvgIpc) is 3.40. The maximum absolute atomic E-state index is 6.15. The Hall–Kier alpha value is -3.94. The Morgan fingerprint density at radius 2 is 1.97 bits per heavy atom. The van der Waals surface area contributed by atoms with Gasteiger partial charge in [0.25, 0.3) is 0 Å². The summed E-state index contributed by atoms with van der Waals surface area (Å²) in [5.74, 6) is 1.98. The first kappa shape index (κ1) is 19.0. The van der Waals surface area contributed by atoms with Crippen LogP contribution in [0.1, 0.15) is 24.1 Å². The van der Waals surface area contributed by atoms with Gasteiger partial charge in [0, 0.05) is 66.9 Å². The number of hydrogen-bond acceptors (Lipinski definition) is 7. The highest BCUT2D eigenvalue weighted by atomic mass is 15.2. The Morgan fingerprint density at radius 1 is 1.13 bits per heavy atom. The normalized spacial score (nSPS) is 14.8. The number of nitrogens with zero attached hydrogens (tertiary/aromatic N) is 6. The van der Waals surface area contributed by atoms with E-state index < -0.39 is 0 Å². The number of benzene rings is 1. The first-order valence-corrected chi connectivity index (χ1v) is 10.3. The Balaban J connectivity index is 1.54. The van der Waals surface area contributed by atoms with Gasteiger partial charge in [0.2, 0.25) is 5.95 Å². The molecular formula is C23H24N8. The Morgan fingerprint density at radius 3 is 2.71 bits per heavy atom. The van der Waals surface area contributed by atoms with Crippen LogP contribution in [0.2, 0.25) is 0 Å². The summed E-state index contributed by atoms with van der Waals surface area (Å²) in [5.41, 5.74) is 11.3. The second-order valence-corrected chi connectivity index (χ2v) is 7.59. The second-order valence-electron chi connectivity index (χ2n) is 7.59. The SMILES string of the molecule is CCN(c1ccccc1)c1cc(C2CNc3ncc(-c4cnn(C)c4)cc32)nc(N)n1. The lowest BCUT2D eigenvalue weighted by atomic mass is 9.96. The van der Waals surface area contributed by atoms with Gasteiger partial charge in [0.15, 0.2) is 0 Å². The summed E-state index contributed by atoms with van der Waals surface area (Å²) in [5, 5.41) is 7.67. The van der Waals surface area contributed by atoms with Gasteiger partial charge in [0.1, 0.15) is 11.6 Å². The quantitative estimate of drug-likeness (QED) is 0.517. The highest BCUT2D eigenvalue weighted by molar-refractivity contribution is 5.68. The number of anilines is 4. The van der Waals surface area contributed by atoms with Gasteiger partial charge in [-0.05, 0) is 25.1 Å². The zero-order valence-electron chi connectivity index (χ0n) is 17.5. The summed E-state index contributed by atoms with van der Waals surface area (Å²) in [6, 6.07) is 14.4. The first-order valence-electron chi connectivity index (χ1n) is 10.3. The number of aryl methyl sites for hydroxylation is 1. The van der Waals surface area contributed by atoms with Crippen molar-refractivity contribution in [1.82, 2.24) is 24.7 Å². The molecule has 1 aromatic carbocycles. The van der Waals surface area contributed by atoms with Crippen molar-refractivity contribution < 1.29 is 0 Å². The van der Waals surface area contributed by atoms with Crippen LogP contribution in [-0.2, 0) is 7.05 Å². The van der Waals surface area contributed by atoms with Crippen LogP contribution in [0.4, 0.5) is 23.3 Å². The predicted octanol–water partition coefficient (Wildman–Crippen LogP) is 3.57. The van der Waals surface area contributed by atoms with Crippen LogP contribution in [0, 0.1) is 0 Å². The summed E-state index contributed by atoms with van der Waals surface area (Å²) in [6.07, 6.45) is 5.71. The van der Waals surface area contributed by atoms with Crippen molar-refractivity contribution in [3.8, 4) is 11.1 Å². The van der Waals surface area contributed by atoms with Crippen molar-refractivity contribution >= 4 is 23.3 Å². The van der Waals surface area contributed by atoms with Crippen LogP contribution in [-0.4, -0.2) is 37.8 Å². The number of aromatic nitrogens is 5. The van der Waals surface area contributed by atoms with Crippen LogP contribution < -0.4 is 16.0 Å². The van der Waals surface area contributed by atoms with Gasteiger partial charge in [-0.25, -0.2) is 9.97 Å². The molecule has 0 saturated heterocycles. The molecule has 1 aliphatic rings. The number of rotatable bonds is 5. The molecule has 156 valence electrons. The molecule has 4 aromatic rings. The molecule has 0 spiro atoms. The smallest absolute Gasteiger partial charge is 0.222 e. The van der Waals surface area contributed by atoms with Crippen LogP contribution in [0.3, 0.4) is 0 Å². The fourth-order valence-corrected chi connectivity index (χ4v) is 4.07. The third-order valence-corrected chi connectivity index (χ3v) is 5.57. The molecule has 1 unspecified atom stereocenters. The van der Waals surface area contributed by atoms with Gasteiger partial charge >= 0.3 is 0 Å². The largest absolute Gasteiger partial charge is 0.369 e. The fourth-order valence-electron chi connectivity index (χ4n) is 4.07. The van der Waals surface area contributed by atoms with Crippen LogP contribution >= 0.6 is 0 Å². The molecule has 8 heteroatoms. The minimum Gasteiger partial charge on any atom is -0.369 e. The van der Waals surface area contributed by atoms with Crippen molar-refractivity contribution in [3.05, 3.63) is 72.3 Å². The Kier molecular flexibility index (Phi) is 4.74. The third-order valence-electron chi connectivity index (χ3n) is 5.57. The molecule has 8 nitrogen and oxygen atoms in total. The lowest BCUT2D eigenvalue weighted by Gasteiger charge is -2.23. The van der Waals surface area contributed by atoms with E-state index in [1.165, 1.54) is 0 Å². The summed E-state index contributed by atoms with van der Waals surface area (Å²) < 4.78 is 1.79. The van der Waals surface area contributed by atoms with Crippen molar-refractivity contribution in [1.29, 1.82) is 0 Å². The van der Waals surface area contributed by atoms with E-state index in [4.69, 9.17) is 5.73 Å². The number of nitrogens with one attached hydrogen (secondary N) is 1. The van der Waals surface area contributed by atoms with Gasteiger partial charge in [-0.2, -0.15) is 10.1 Å². The van der Waals surface area contributed by atoms with Crippen molar-refractivity contribution in [3.63, 3.8) is 0 Å². The topological polar surface area (TPSA) is 97.8 Å². The highest BCUT2D eigenvalue weighted by Crippen LogP contribution is 2.38. The molecule has 0 saturated carbocycles. The highest BCUT2D eigenvalue weighted by Gasteiger charge is 2.28. The van der Waals surface area contributed by atoms with E-state index in [-0.39, 0.29) is 11.9 Å². The molecule has 1 aliphatic heterocycles. The van der Waals surface area contributed by atoms with Gasteiger partial charge in [-0.15, -0.1) is 0 Å². The summed E-state index contributed by atoms with van der Waals surface area (Å²) in [4.78, 5) is 15.9. The number of nitrogen functional groups attached to an aromatic ring is 1. The number of nitrogens with two attached hydrogens (primary N) is 1. The molecule has 31 heavy (non-hydrogen) atoms. The van der Waals surface area contributed by atoms with E-state index in [2.05, 4.69) is 55.4 Å². The number of hydrogen-bond donors (Lipinski definition) is 2. The molecule has 0 amide bonds. The number of fused-ring (bicyclic) bond motifs is 1. The van der Waals surface area contributed by atoms with Gasteiger partial charge in [-0.3, -0.25) is 4.68 Å². The lowest BCUT2D eigenvalue weighted by molar-refractivity contribution is 0.768. The van der Waals surface area contributed by atoms with Crippen molar-refractivity contribution in [2.24, 2.45) is 7.05 Å². The molecule has 3 aromatic heterocycles. The Labute approximate surface area is 180 Å². The van der Waals surface area contributed by atoms with E-state index in [1.54, 1.807) is 4.68 Å². The minimum atomic E-state index is 0.0395. The molecule has 0 aliphatic carbocycles. The minimum absolute atomic E-state index is 0.0395. The van der Waals surface area contributed by atoms with E-state index >= 15 is 0 Å². The molecule has 0 bridgehead atoms. The van der Waals surface area contributed by atoms with Gasteiger partial charge in [0.05, 0.1) is 11.9 Å². The summed E-state index contributed by atoms with van der Waals surface area (Å²) in [7, 11) is 1.91. The predicted molar refractivity (Wildman–Crippen MR) is 122 cm³/mol.